The number of ketones is 1. The number of rotatable bonds is 7. The second-order valence-electron chi connectivity index (χ2n) is 7.09. The monoisotopic (exact) mass is 384 g/mol. The van der Waals surface area contributed by atoms with Gasteiger partial charge >= 0.3 is 0 Å². The van der Waals surface area contributed by atoms with Crippen molar-refractivity contribution >= 4 is 16.7 Å². The molecule has 0 saturated carbocycles. The molecular weight excluding hydrogens is 360 g/mol. The van der Waals surface area contributed by atoms with E-state index in [9.17, 15) is 4.79 Å². The van der Waals surface area contributed by atoms with Crippen LogP contribution in [0.3, 0.4) is 0 Å². The van der Waals surface area contributed by atoms with Gasteiger partial charge < -0.3 is 9.72 Å². The molecule has 0 bridgehead atoms. The molecule has 0 radical (unpaired) electrons. The van der Waals surface area contributed by atoms with Crippen molar-refractivity contribution < 1.29 is 9.53 Å². The van der Waals surface area contributed by atoms with Crippen LogP contribution in [0.15, 0.2) is 85.1 Å². The highest BCUT2D eigenvalue weighted by Gasteiger charge is 2.26. The molecule has 2 atom stereocenters. The Morgan fingerprint density at radius 2 is 1.62 bits per heavy atom. The van der Waals surface area contributed by atoms with Crippen LogP contribution >= 0.6 is 0 Å². The Kier molecular flexibility index (Phi) is 5.45. The summed E-state index contributed by atoms with van der Waals surface area (Å²) in [5.41, 5.74) is 3.60. The van der Waals surface area contributed by atoms with Gasteiger partial charge in [0.25, 0.3) is 0 Å². The minimum absolute atomic E-state index is 0.0374. The Labute approximate surface area is 170 Å². The molecule has 2 unspecified atom stereocenters. The molecule has 3 aromatic carbocycles. The summed E-state index contributed by atoms with van der Waals surface area (Å²) >= 11 is 0. The number of hydrogen-bond acceptors (Lipinski definition) is 3. The molecule has 0 aliphatic rings. The van der Waals surface area contributed by atoms with Crippen molar-refractivity contribution in [3.05, 3.63) is 102 Å². The van der Waals surface area contributed by atoms with Crippen LogP contribution in [-0.2, 0) is 0 Å². The number of aromatic nitrogens is 1. The number of benzene rings is 3. The van der Waals surface area contributed by atoms with E-state index in [-0.39, 0.29) is 11.8 Å². The van der Waals surface area contributed by atoms with Crippen molar-refractivity contribution in [2.45, 2.75) is 19.0 Å². The summed E-state index contributed by atoms with van der Waals surface area (Å²) in [5.74, 6) is 0.842. The van der Waals surface area contributed by atoms with E-state index < -0.39 is 6.04 Å². The first-order valence-electron chi connectivity index (χ1n) is 9.73. The highest BCUT2D eigenvalue weighted by molar-refractivity contribution is 6.10. The van der Waals surface area contributed by atoms with Gasteiger partial charge in [-0.2, -0.15) is 0 Å². The summed E-state index contributed by atoms with van der Waals surface area (Å²) in [5, 5.41) is 4.47. The molecule has 29 heavy (non-hydrogen) atoms. The lowest BCUT2D eigenvalue weighted by molar-refractivity contribution is 0.0938. The minimum Gasteiger partial charge on any atom is -0.496 e. The summed E-state index contributed by atoms with van der Waals surface area (Å²) in [4.78, 5) is 16.8. The first-order chi connectivity index (χ1) is 14.2. The van der Waals surface area contributed by atoms with E-state index in [2.05, 4.69) is 17.2 Å². The Balaban J connectivity index is 1.72. The zero-order valence-corrected chi connectivity index (χ0v) is 16.6. The fourth-order valence-electron chi connectivity index (χ4n) is 3.76. The second kappa shape index (κ2) is 8.33. The van der Waals surface area contributed by atoms with Gasteiger partial charge in [0, 0.05) is 34.3 Å². The molecule has 146 valence electrons. The molecule has 2 N–H and O–H groups in total. The van der Waals surface area contributed by atoms with Crippen LogP contribution in [0.2, 0.25) is 0 Å². The lowest BCUT2D eigenvalue weighted by Crippen LogP contribution is -2.31. The molecule has 4 rings (SSSR count). The van der Waals surface area contributed by atoms with Gasteiger partial charge in [-0.25, -0.2) is 0 Å². The third kappa shape index (κ3) is 3.80. The summed E-state index contributed by atoms with van der Waals surface area (Å²) in [6, 6.07) is 25.1. The number of methoxy groups -OCH3 is 1. The average molecular weight is 384 g/mol. The maximum Gasteiger partial charge on any atom is 0.186 e. The van der Waals surface area contributed by atoms with Gasteiger partial charge in [-0.3, -0.25) is 10.1 Å². The van der Waals surface area contributed by atoms with Gasteiger partial charge in [-0.1, -0.05) is 66.7 Å². The van der Waals surface area contributed by atoms with Gasteiger partial charge in [0.1, 0.15) is 5.75 Å². The van der Waals surface area contributed by atoms with Crippen molar-refractivity contribution in [3.63, 3.8) is 0 Å². The molecule has 1 aromatic heterocycles. The van der Waals surface area contributed by atoms with E-state index in [1.807, 2.05) is 78.9 Å². The van der Waals surface area contributed by atoms with Crippen LogP contribution in [0.5, 0.6) is 5.75 Å². The smallest absolute Gasteiger partial charge is 0.186 e. The number of fused-ring (bicyclic) bond motifs is 1. The lowest BCUT2D eigenvalue weighted by atomic mass is 9.95. The zero-order chi connectivity index (χ0) is 20.2. The van der Waals surface area contributed by atoms with Crippen molar-refractivity contribution in [1.29, 1.82) is 0 Å². The van der Waals surface area contributed by atoms with Gasteiger partial charge in [0.05, 0.1) is 13.2 Å². The van der Waals surface area contributed by atoms with E-state index >= 15 is 0 Å². The largest absolute Gasteiger partial charge is 0.496 e. The topological polar surface area (TPSA) is 54.1 Å². The number of carbonyl (C=O) groups excluding carboxylic acids is 1. The van der Waals surface area contributed by atoms with Crippen molar-refractivity contribution in [1.82, 2.24) is 10.3 Å². The number of Topliss-reactive ketones (excluding diaryl/α,β-unsaturated/α-hetero) is 1. The quantitative estimate of drug-likeness (QED) is 0.417. The number of carbonyl (C=O) groups is 1. The maximum absolute atomic E-state index is 13.6. The molecule has 0 aliphatic heterocycles. The molecule has 0 amide bonds. The summed E-state index contributed by atoms with van der Waals surface area (Å²) in [6.07, 6.45) is 1.80. The average Bonchev–Trinajstić information content (AvgIpc) is 3.21. The molecule has 4 aromatic rings. The van der Waals surface area contributed by atoms with Crippen LogP contribution in [-0.4, -0.2) is 17.9 Å². The third-order valence-corrected chi connectivity index (χ3v) is 5.27. The molecule has 4 heteroatoms. The molecule has 1 heterocycles. The summed E-state index contributed by atoms with van der Waals surface area (Å²) in [6.45, 7) is 2.05. The van der Waals surface area contributed by atoms with Crippen LogP contribution in [0, 0.1) is 0 Å². The van der Waals surface area contributed by atoms with Crippen LogP contribution in [0.1, 0.15) is 40.5 Å². The minimum atomic E-state index is -0.477. The standard InChI is InChI=1S/C25H24N2O2/c1-17(19-12-7-9-15-23(19)29-2)27-24(18-10-4-3-5-11-18)25(28)21-16-26-22-14-8-6-13-20(21)22/h3-17,24,26-27H,1-2H3. The van der Waals surface area contributed by atoms with Gasteiger partial charge in [-0.05, 0) is 24.6 Å². The first kappa shape index (κ1) is 19.0. The Morgan fingerprint density at radius 1 is 0.931 bits per heavy atom. The predicted octanol–water partition coefficient (Wildman–Crippen LogP) is 5.45. The number of para-hydroxylation sites is 2. The predicted molar refractivity (Wildman–Crippen MR) is 116 cm³/mol. The molecule has 0 spiro atoms. The van der Waals surface area contributed by atoms with Crippen molar-refractivity contribution in [2.24, 2.45) is 0 Å². The summed E-state index contributed by atoms with van der Waals surface area (Å²) in [7, 11) is 1.66. The Morgan fingerprint density at radius 3 is 2.41 bits per heavy atom. The van der Waals surface area contributed by atoms with Crippen molar-refractivity contribution in [2.75, 3.05) is 7.11 Å². The maximum atomic E-state index is 13.6. The van der Waals surface area contributed by atoms with E-state index in [0.29, 0.717) is 5.56 Å². The molecule has 0 fully saturated rings. The van der Waals surface area contributed by atoms with E-state index in [0.717, 1.165) is 27.8 Å². The van der Waals surface area contributed by atoms with Crippen LogP contribution in [0.25, 0.3) is 10.9 Å². The Hall–Kier alpha value is -3.37. The molecule has 4 nitrogen and oxygen atoms in total. The SMILES string of the molecule is COc1ccccc1C(C)NC(C(=O)c1c[nH]c2ccccc12)c1ccccc1. The van der Waals surface area contributed by atoms with Gasteiger partial charge in [0.15, 0.2) is 5.78 Å². The van der Waals surface area contributed by atoms with E-state index in [4.69, 9.17) is 4.74 Å². The molecule has 0 saturated heterocycles. The first-order valence-corrected chi connectivity index (χ1v) is 9.73. The second-order valence-corrected chi connectivity index (χ2v) is 7.09. The fourth-order valence-corrected chi connectivity index (χ4v) is 3.76. The van der Waals surface area contributed by atoms with Gasteiger partial charge in [-0.15, -0.1) is 0 Å². The fraction of sp³-hybridized carbons (Fsp3) is 0.160. The number of hydrogen-bond donors (Lipinski definition) is 2. The van der Waals surface area contributed by atoms with Gasteiger partial charge in [0.2, 0.25) is 0 Å². The summed E-state index contributed by atoms with van der Waals surface area (Å²) < 4.78 is 5.51. The van der Waals surface area contributed by atoms with Crippen LogP contribution < -0.4 is 10.1 Å². The normalized spacial score (nSPS) is 13.2. The highest BCUT2D eigenvalue weighted by Crippen LogP contribution is 2.30. The molecular formula is C25H24N2O2. The number of ether oxygens (including phenoxy) is 1. The number of aromatic amines is 1. The highest BCUT2D eigenvalue weighted by atomic mass is 16.5. The lowest BCUT2D eigenvalue weighted by Gasteiger charge is -2.24. The third-order valence-electron chi connectivity index (χ3n) is 5.27. The van der Waals surface area contributed by atoms with E-state index in [1.54, 1.807) is 13.3 Å². The number of H-pyrrole nitrogens is 1. The molecule has 0 aliphatic carbocycles. The van der Waals surface area contributed by atoms with Crippen LogP contribution in [0.4, 0.5) is 0 Å². The number of nitrogens with one attached hydrogen (secondary N) is 2. The van der Waals surface area contributed by atoms with E-state index in [1.165, 1.54) is 0 Å². The van der Waals surface area contributed by atoms with Crippen molar-refractivity contribution in [3.8, 4) is 5.75 Å². The Bertz CT molecular complexity index is 1120. The zero-order valence-electron chi connectivity index (χ0n) is 16.6.